The Morgan fingerprint density at radius 2 is 1.83 bits per heavy atom. The van der Waals surface area contributed by atoms with E-state index in [9.17, 15) is 19.5 Å². The van der Waals surface area contributed by atoms with E-state index in [2.05, 4.69) is 37.3 Å². The Balaban J connectivity index is 1.59. The number of aromatic nitrogens is 2. The van der Waals surface area contributed by atoms with Gasteiger partial charge in [0.1, 0.15) is 17.5 Å². The van der Waals surface area contributed by atoms with Gasteiger partial charge >= 0.3 is 11.9 Å². The lowest BCUT2D eigenvalue weighted by Gasteiger charge is -2.61. The first kappa shape index (κ1) is 31.7. The Labute approximate surface area is 248 Å². The van der Waals surface area contributed by atoms with E-state index in [-0.39, 0.29) is 34.7 Å². The molecule has 0 amide bonds. The molecular formula is C32H46N2O6S. The molecule has 1 heterocycles. The fourth-order valence-electron chi connectivity index (χ4n) is 8.13. The summed E-state index contributed by atoms with van der Waals surface area (Å²) in [6.07, 6.45) is 4.72. The maximum atomic E-state index is 13.6. The largest absolute Gasteiger partial charge is 0.462 e. The third kappa shape index (κ3) is 5.37. The molecule has 0 saturated heterocycles. The zero-order valence-electron chi connectivity index (χ0n) is 25.6. The number of thioether (sulfide) groups is 1. The van der Waals surface area contributed by atoms with Gasteiger partial charge in [0.05, 0.1) is 29.9 Å². The summed E-state index contributed by atoms with van der Waals surface area (Å²) in [5, 5.41) is 12.1. The normalized spacial score (nSPS) is 36.6. The van der Waals surface area contributed by atoms with Crippen LogP contribution in [0.25, 0.3) is 0 Å². The number of hydrogen-bond donors (Lipinski definition) is 1. The molecular weight excluding hydrogens is 540 g/mol. The average Bonchev–Trinajstić information content (AvgIpc) is 3.28. The van der Waals surface area contributed by atoms with Crippen LogP contribution in [0.4, 0.5) is 0 Å². The molecule has 2 bridgehead atoms. The number of aliphatic hydroxyl groups excluding tert-OH is 1. The van der Waals surface area contributed by atoms with E-state index in [1.165, 1.54) is 0 Å². The Morgan fingerprint density at radius 3 is 2.44 bits per heavy atom. The number of carbonyl (C=O) groups is 3. The predicted molar refractivity (Wildman–Crippen MR) is 157 cm³/mol. The van der Waals surface area contributed by atoms with Crippen LogP contribution in [0, 0.1) is 47.8 Å². The molecule has 0 spiro atoms. The molecule has 3 saturated carbocycles. The van der Waals surface area contributed by atoms with Crippen molar-refractivity contribution in [2.75, 3.05) is 12.4 Å². The summed E-state index contributed by atoms with van der Waals surface area (Å²) in [6, 6.07) is 0. The molecule has 1 aromatic rings. The highest BCUT2D eigenvalue weighted by Crippen LogP contribution is 2.68. The van der Waals surface area contributed by atoms with E-state index in [4.69, 9.17) is 9.47 Å². The number of ether oxygens (including phenoxy) is 2. The topological polar surface area (TPSA) is 116 Å². The average molecular weight is 587 g/mol. The van der Waals surface area contributed by atoms with Gasteiger partial charge in [-0.25, -0.2) is 14.8 Å². The van der Waals surface area contributed by atoms with Crippen LogP contribution in [0.3, 0.4) is 0 Å². The van der Waals surface area contributed by atoms with Crippen molar-refractivity contribution in [2.24, 2.45) is 34.0 Å². The standard InChI is InChI=1S/C32H46N2O6S/c1-9-15-39-28(38)25-20(5)33-29(34-21(25)6)41-17-24(36)40-23-16-30(7,10-2)27(37)19(4)32-13-11-18(3)31(23,8)26(32)22(35)12-14-32/h10,18-19,23,26-27,37H,2,9,11-17H2,1,3-8H3/t18-,19+,23-,26+,27+,30-,31+,32+/m1/s1. The molecule has 4 rings (SSSR count). The molecule has 8 nitrogen and oxygen atoms in total. The predicted octanol–water partition coefficient (Wildman–Crippen LogP) is 5.66. The summed E-state index contributed by atoms with van der Waals surface area (Å²) in [5.74, 6) is -0.840. The van der Waals surface area contributed by atoms with Crippen LogP contribution in [0.15, 0.2) is 17.8 Å². The highest BCUT2D eigenvalue weighted by atomic mass is 32.2. The van der Waals surface area contributed by atoms with Crippen LogP contribution in [0.2, 0.25) is 0 Å². The third-order valence-electron chi connectivity index (χ3n) is 10.8. The van der Waals surface area contributed by atoms with Crippen LogP contribution in [0.1, 0.15) is 94.9 Å². The first-order valence-electron chi connectivity index (χ1n) is 14.9. The molecule has 9 heteroatoms. The van der Waals surface area contributed by atoms with E-state index < -0.39 is 35.0 Å². The Kier molecular flexibility index (Phi) is 9.11. The fraction of sp³-hybridized carbons (Fsp3) is 0.719. The molecule has 1 N–H and O–H groups in total. The number of esters is 2. The number of aliphatic hydroxyl groups is 1. The van der Waals surface area contributed by atoms with Crippen LogP contribution in [-0.2, 0) is 19.1 Å². The van der Waals surface area contributed by atoms with Crippen molar-refractivity contribution in [1.29, 1.82) is 0 Å². The number of nitrogens with zero attached hydrogens (tertiary/aromatic N) is 2. The van der Waals surface area contributed by atoms with E-state index in [1.807, 2.05) is 13.8 Å². The quantitative estimate of drug-likeness (QED) is 0.178. The molecule has 3 fully saturated rings. The summed E-state index contributed by atoms with van der Waals surface area (Å²) in [7, 11) is 0. The summed E-state index contributed by atoms with van der Waals surface area (Å²) >= 11 is 1.16. The molecule has 0 radical (unpaired) electrons. The first-order chi connectivity index (χ1) is 19.2. The number of Topliss-reactive ketones (excluding diaryl/α,β-unsaturated/α-hetero) is 1. The van der Waals surface area contributed by atoms with Gasteiger partial charge in [0, 0.05) is 23.2 Å². The van der Waals surface area contributed by atoms with Crippen molar-refractivity contribution in [2.45, 2.75) is 104 Å². The lowest BCUT2D eigenvalue weighted by molar-refractivity contribution is -0.205. The molecule has 41 heavy (non-hydrogen) atoms. The molecule has 226 valence electrons. The monoisotopic (exact) mass is 586 g/mol. The van der Waals surface area contributed by atoms with Gasteiger partial charge in [-0.1, -0.05) is 52.5 Å². The number of carbonyl (C=O) groups excluding carboxylic acids is 3. The first-order valence-corrected chi connectivity index (χ1v) is 15.9. The SMILES string of the molecule is C=C[C@]1(C)C[C@@H](OC(=O)CSc2nc(C)c(C(=O)OCCC)c(C)n2)[C@]2(C)[C@H](C)CC[C@]3(CCC(=O)[C@H]32)[C@@H](C)[C@@H]1O. The third-order valence-corrected chi connectivity index (χ3v) is 11.6. The lowest BCUT2D eigenvalue weighted by atomic mass is 9.44. The van der Waals surface area contributed by atoms with E-state index >= 15 is 0 Å². The van der Waals surface area contributed by atoms with Gasteiger partial charge in [-0.15, -0.1) is 6.58 Å². The van der Waals surface area contributed by atoms with Crippen molar-refractivity contribution in [3.63, 3.8) is 0 Å². The van der Waals surface area contributed by atoms with Crippen molar-refractivity contribution in [3.05, 3.63) is 29.6 Å². The van der Waals surface area contributed by atoms with Crippen molar-refractivity contribution >= 4 is 29.5 Å². The number of hydrogen-bond acceptors (Lipinski definition) is 9. The Morgan fingerprint density at radius 1 is 1.17 bits per heavy atom. The van der Waals surface area contributed by atoms with Gasteiger partial charge in [0.15, 0.2) is 5.16 Å². The maximum Gasteiger partial charge on any atom is 0.341 e. The minimum atomic E-state index is -0.705. The molecule has 8 atom stereocenters. The van der Waals surface area contributed by atoms with Crippen molar-refractivity contribution < 1.29 is 29.0 Å². The maximum absolute atomic E-state index is 13.6. The molecule has 3 aliphatic carbocycles. The van der Waals surface area contributed by atoms with Gasteiger partial charge in [-0.2, -0.15) is 0 Å². The van der Waals surface area contributed by atoms with E-state index in [0.29, 0.717) is 41.6 Å². The molecule has 3 aliphatic rings. The van der Waals surface area contributed by atoms with Crippen LogP contribution >= 0.6 is 11.8 Å². The summed E-state index contributed by atoms with van der Waals surface area (Å²) in [6.45, 7) is 18.2. The number of ketones is 1. The second kappa shape index (κ2) is 11.8. The smallest absolute Gasteiger partial charge is 0.341 e. The number of rotatable bonds is 8. The highest BCUT2D eigenvalue weighted by molar-refractivity contribution is 7.99. The summed E-state index contributed by atoms with van der Waals surface area (Å²) in [4.78, 5) is 48.3. The lowest BCUT2D eigenvalue weighted by Crippen LogP contribution is -2.63. The molecule has 0 aliphatic heterocycles. The van der Waals surface area contributed by atoms with Gasteiger partial charge in [-0.05, 0) is 63.2 Å². The van der Waals surface area contributed by atoms with E-state index in [0.717, 1.165) is 37.4 Å². The minimum absolute atomic E-state index is 0.0208. The molecule has 1 aromatic heterocycles. The highest BCUT2D eigenvalue weighted by Gasteiger charge is 2.68. The van der Waals surface area contributed by atoms with Gasteiger partial charge < -0.3 is 14.6 Å². The zero-order chi connectivity index (χ0) is 30.3. The fourth-order valence-corrected chi connectivity index (χ4v) is 8.85. The Bertz CT molecular complexity index is 1200. The van der Waals surface area contributed by atoms with Crippen LogP contribution in [-0.4, -0.2) is 57.4 Å². The molecule has 0 unspecified atom stereocenters. The van der Waals surface area contributed by atoms with Gasteiger partial charge in [0.25, 0.3) is 0 Å². The molecule has 0 aromatic carbocycles. The minimum Gasteiger partial charge on any atom is -0.462 e. The second-order valence-corrected chi connectivity index (χ2v) is 14.0. The van der Waals surface area contributed by atoms with Gasteiger partial charge in [-0.3, -0.25) is 9.59 Å². The Hall–Kier alpha value is -2.26. The van der Waals surface area contributed by atoms with Crippen molar-refractivity contribution in [3.8, 4) is 0 Å². The van der Waals surface area contributed by atoms with Gasteiger partial charge in [0.2, 0.25) is 0 Å². The van der Waals surface area contributed by atoms with Crippen LogP contribution < -0.4 is 0 Å². The van der Waals surface area contributed by atoms with Crippen LogP contribution in [0.5, 0.6) is 0 Å². The number of aryl methyl sites for hydroxylation is 2. The summed E-state index contributed by atoms with van der Waals surface area (Å²) < 4.78 is 11.6. The zero-order valence-corrected chi connectivity index (χ0v) is 26.4. The van der Waals surface area contributed by atoms with Crippen molar-refractivity contribution in [1.82, 2.24) is 9.97 Å². The van der Waals surface area contributed by atoms with E-state index in [1.54, 1.807) is 19.9 Å². The summed E-state index contributed by atoms with van der Waals surface area (Å²) in [5.41, 5.74) is -0.211. The second-order valence-electron chi connectivity index (χ2n) is 13.0.